The van der Waals surface area contributed by atoms with Crippen LogP contribution in [-0.4, -0.2) is 31.1 Å². The Hall–Kier alpha value is -0.550. The van der Waals surface area contributed by atoms with Crippen LogP contribution in [0.2, 0.25) is 0 Å². The molecule has 2 rings (SSSR count). The lowest BCUT2D eigenvalue weighted by molar-refractivity contribution is 0.256. The summed E-state index contributed by atoms with van der Waals surface area (Å²) in [5, 5.41) is 2.69. The van der Waals surface area contributed by atoms with Gasteiger partial charge in [0, 0.05) is 6.54 Å². The summed E-state index contributed by atoms with van der Waals surface area (Å²) in [4.78, 5) is 2.55. The Morgan fingerprint density at radius 2 is 1.24 bits per heavy atom. The maximum Gasteiger partial charge on any atom is 0.0239 e. The highest BCUT2D eigenvalue weighted by atomic mass is 35.5. The van der Waals surface area contributed by atoms with Crippen LogP contribution in [0.3, 0.4) is 0 Å². The van der Waals surface area contributed by atoms with Crippen LogP contribution in [0, 0.1) is 0 Å². The van der Waals surface area contributed by atoms with Crippen molar-refractivity contribution in [3.8, 4) is 0 Å². The highest BCUT2D eigenvalue weighted by Gasteiger charge is 2.08. The second-order valence-corrected chi connectivity index (χ2v) is 5.91. The summed E-state index contributed by atoms with van der Waals surface area (Å²) in [7, 11) is 0. The Bertz CT molecular complexity index is 551. The first kappa shape index (κ1) is 26.7. The molecule has 0 fully saturated rings. The van der Waals surface area contributed by atoms with Crippen LogP contribution in [0.4, 0.5) is 0 Å². The maximum atomic E-state index is 5.63. The quantitative estimate of drug-likeness (QED) is 0.573. The highest BCUT2D eigenvalue weighted by Crippen LogP contribution is 2.20. The van der Waals surface area contributed by atoms with Gasteiger partial charge in [-0.25, -0.2) is 0 Å². The average Bonchev–Trinajstić information content (AvgIpc) is 2.55. The number of nitrogens with two attached hydrogens (primary N) is 2. The van der Waals surface area contributed by atoms with E-state index in [4.69, 9.17) is 11.5 Å². The zero-order valence-electron chi connectivity index (χ0n) is 14.7. The number of hydrogen-bond acceptors (Lipinski definition) is 3. The number of rotatable bonds is 10. The average molecular weight is 409 g/mol. The van der Waals surface area contributed by atoms with E-state index in [9.17, 15) is 0 Å². The second kappa shape index (κ2) is 15.7. The Balaban J connectivity index is 0. The van der Waals surface area contributed by atoms with Gasteiger partial charge in [0.1, 0.15) is 0 Å². The van der Waals surface area contributed by atoms with E-state index in [0.29, 0.717) is 0 Å². The van der Waals surface area contributed by atoms with Crippen LogP contribution < -0.4 is 11.5 Å². The van der Waals surface area contributed by atoms with E-state index in [2.05, 4.69) is 47.4 Å². The second-order valence-electron chi connectivity index (χ2n) is 5.91. The normalized spacial score (nSPS) is 10.0. The van der Waals surface area contributed by atoms with E-state index in [-0.39, 0.29) is 37.2 Å². The number of unbranched alkanes of at least 4 members (excludes halogenated alkanes) is 2. The molecule has 0 radical (unpaired) electrons. The molecule has 0 saturated heterocycles. The fraction of sp³-hybridized carbons (Fsp3) is 0.474. The van der Waals surface area contributed by atoms with Crippen LogP contribution in [0.15, 0.2) is 42.5 Å². The Morgan fingerprint density at radius 1 is 0.680 bits per heavy atom. The molecule has 3 nitrogen and oxygen atoms in total. The predicted molar refractivity (Wildman–Crippen MR) is 118 cm³/mol. The van der Waals surface area contributed by atoms with Gasteiger partial charge in [0.15, 0.2) is 0 Å². The van der Waals surface area contributed by atoms with Crippen LogP contribution in [0.1, 0.15) is 31.2 Å². The van der Waals surface area contributed by atoms with Crippen molar-refractivity contribution >= 4 is 48.0 Å². The molecule has 0 aliphatic heterocycles. The molecule has 0 amide bonds. The molecule has 0 bridgehead atoms. The number of halogens is 3. The number of benzene rings is 2. The van der Waals surface area contributed by atoms with Crippen LogP contribution in [0.25, 0.3) is 10.8 Å². The third kappa shape index (κ3) is 9.09. The van der Waals surface area contributed by atoms with Crippen molar-refractivity contribution in [2.24, 2.45) is 11.5 Å². The number of fused-ring (bicyclic) bond motifs is 1. The SMILES string of the molecule is Cl.Cl.Cl.NCCCCN(CCCCN)Cc1cccc2ccccc12. The van der Waals surface area contributed by atoms with Crippen molar-refractivity contribution in [1.29, 1.82) is 0 Å². The van der Waals surface area contributed by atoms with Gasteiger partial charge in [-0.05, 0) is 68.2 Å². The summed E-state index contributed by atoms with van der Waals surface area (Å²) in [6.45, 7) is 4.81. The van der Waals surface area contributed by atoms with E-state index in [1.165, 1.54) is 29.2 Å². The van der Waals surface area contributed by atoms with Crippen molar-refractivity contribution in [3.63, 3.8) is 0 Å². The van der Waals surface area contributed by atoms with E-state index in [0.717, 1.165) is 45.6 Å². The van der Waals surface area contributed by atoms with E-state index < -0.39 is 0 Å². The first-order valence-electron chi connectivity index (χ1n) is 8.44. The molecular weight excluding hydrogens is 377 g/mol. The molecule has 2 aromatic carbocycles. The summed E-state index contributed by atoms with van der Waals surface area (Å²) < 4.78 is 0. The van der Waals surface area contributed by atoms with Gasteiger partial charge in [-0.15, -0.1) is 37.2 Å². The largest absolute Gasteiger partial charge is 0.330 e. The summed E-state index contributed by atoms with van der Waals surface area (Å²) in [6, 6.07) is 15.2. The summed E-state index contributed by atoms with van der Waals surface area (Å²) in [5.74, 6) is 0. The van der Waals surface area contributed by atoms with Crippen LogP contribution >= 0.6 is 37.2 Å². The van der Waals surface area contributed by atoms with Gasteiger partial charge in [-0.2, -0.15) is 0 Å². The topological polar surface area (TPSA) is 55.3 Å². The molecule has 0 saturated carbocycles. The molecule has 0 atom stereocenters. The minimum Gasteiger partial charge on any atom is -0.330 e. The molecule has 6 heteroatoms. The molecule has 4 N–H and O–H groups in total. The molecule has 0 spiro atoms. The summed E-state index contributed by atoms with van der Waals surface area (Å²) in [6.07, 6.45) is 4.54. The van der Waals surface area contributed by atoms with Gasteiger partial charge in [-0.3, -0.25) is 4.90 Å². The van der Waals surface area contributed by atoms with Crippen LogP contribution in [-0.2, 0) is 6.54 Å². The van der Waals surface area contributed by atoms with Gasteiger partial charge >= 0.3 is 0 Å². The zero-order chi connectivity index (χ0) is 15.6. The molecule has 0 aliphatic carbocycles. The third-order valence-electron chi connectivity index (χ3n) is 4.13. The van der Waals surface area contributed by atoms with E-state index in [1.807, 2.05) is 0 Å². The van der Waals surface area contributed by atoms with Crippen molar-refractivity contribution in [1.82, 2.24) is 4.90 Å². The van der Waals surface area contributed by atoms with Gasteiger partial charge in [0.05, 0.1) is 0 Å². The Morgan fingerprint density at radius 3 is 1.84 bits per heavy atom. The molecule has 0 heterocycles. The van der Waals surface area contributed by atoms with E-state index in [1.54, 1.807) is 0 Å². The van der Waals surface area contributed by atoms with Crippen molar-refractivity contribution < 1.29 is 0 Å². The molecule has 0 unspecified atom stereocenters. The summed E-state index contributed by atoms with van der Waals surface area (Å²) >= 11 is 0. The molecule has 0 aliphatic rings. The monoisotopic (exact) mass is 407 g/mol. The fourth-order valence-corrected chi connectivity index (χ4v) is 2.90. The minimum atomic E-state index is 0. The lowest BCUT2D eigenvalue weighted by atomic mass is 10.0. The van der Waals surface area contributed by atoms with Gasteiger partial charge in [0.2, 0.25) is 0 Å². The van der Waals surface area contributed by atoms with Crippen molar-refractivity contribution in [2.45, 2.75) is 32.2 Å². The molecule has 2 aromatic rings. The van der Waals surface area contributed by atoms with Crippen molar-refractivity contribution in [2.75, 3.05) is 26.2 Å². The molecule has 0 aromatic heterocycles. The molecule has 25 heavy (non-hydrogen) atoms. The zero-order valence-corrected chi connectivity index (χ0v) is 17.2. The third-order valence-corrected chi connectivity index (χ3v) is 4.13. The first-order chi connectivity index (χ1) is 10.8. The van der Waals surface area contributed by atoms with Gasteiger partial charge in [-0.1, -0.05) is 42.5 Å². The highest BCUT2D eigenvalue weighted by molar-refractivity contribution is 5.86. The standard InChI is InChI=1S/C19H29N3.3ClH/c20-12-3-5-14-22(15-6-4-13-21)16-18-10-7-9-17-8-1-2-11-19(17)18;;;/h1-2,7-11H,3-6,12-16,20-21H2;3*1H. The minimum absolute atomic E-state index is 0. The Kier molecular flexibility index (Phi) is 16.7. The van der Waals surface area contributed by atoms with Gasteiger partial charge in [0.25, 0.3) is 0 Å². The van der Waals surface area contributed by atoms with Crippen molar-refractivity contribution in [3.05, 3.63) is 48.0 Å². The smallest absolute Gasteiger partial charge is 0.0239 e. The van der Waals surface area contributed by atoms with Gasteiger partial charge < -0.3 is 11.5 Å². The lowest BCUT2D eigenvalue weighted by Crippen LogP contribution is -2.26. The maximum absolute atomic E-state index is 5.63. The molecular formula is C19H32Cl3N3. The predicted octanol–water partition coefficient (Wildman–Crippen LogP) is 4.39. The molecule has 144 valence electrons. The first-order valence-corrected chi connectivity index (χ1v) is 8.44. The Labute approximate surface area is 170 Å². The fourth-order valence-electron chi connectivity index (χ4n) is 2.90. The summed E-state index contributed by atoms with van der Waals surface area (Å²) in [5.41, 5.74) is 12.7. The number of nitrogens with zero attached hydrogens (tertiary/aromatic N) is 1. The van der Waals surface area contributed by atoms with Crippen LogP contribution in [0.5, 0.6) is 0 Å². The number of hydrogen-bond donors (Lipinski definition) is 2. The van der Waals surface area contributed by atoms with E-state index >= 15 is 0 Å². The lowest BCUT2D eigenvalue weighted by Gasteiger charge is -2.23.